The van der Waals surface area contributed by atoms with E-state index in [4.69, 9.17) is 15.7 Å². The van der Waals surface area contributed by atoms with Crippen LogP contribution in [0.5, 0.6) is 0 Å². The molecule has 112 valence electrons. The normalized spacial score (nSPS) is 13.9. The minimum Gasteiger partial charge on any atom is -0.481 e. The van der Waals surface area contributed by atoms with Crippen molar-refractivity contribution < 1.29 is 19.4 Å². The lowest BCUT2D eigenvalue weighted by Gasteiger charge is -2.25. The number of hydrogen-bond acceptors (Lipinski definition) is 5. The summed E-state index contributed by atoms with van der Waals surface area (Å²) in [5, 5.41) is 18.0. The van der Waals surface area contributed by atoms with Crippen molar-refractivity contribution in [1.82, 2.24) is 0 Å². The van der Waals surface area contributed by atoms with Crippen LogP contribution in [0, 0.1) is 17.2 Å². The van der Waals surface area contributed by atoms with Crippen LogP contribution in [0.2, 0.25) is 0 Å². The number of carbonyl (C=O) groups excluding carboxylic acids is 1. The molecule has 1 unspecified atom stereocenters. The second-order valence-electron chi connectivity index (χ2n) is 5.61. The summed E-state index contributed by atoms with van der Waals surface area (Å²) in [5.41, 5.74) is 5.97. The molecule has 0 saturated heterocycles. The van der Waals surface area contributed by atoms with Crippen LogP contribution in [-0.4, -0.2) is 22.6 Å². The molecule has 6 heteroatoms. The number of esters is 1. The van der Waals surface area contributed by atoms with Crippen LogP contribution in [0.4, 0.5) is 0 Å². The molecule has 3 N–H and O–H groups in total. The number of aliphatic carboxylic acids is 1. The molecule has 0 heterocycles. The van der Waals surface area contributed by atoms with Gasteiger partial charge in [-0.25, -0.2) is 0 Å². The Bertz CT molecular complexity index is 567. The van der Waals surface area contributed by atoms with E-state index in [2.05, 4.69) is 0 Å². The van der Waals surface area contributed by atoms with Crippen LogP contribution >= 0.6 is 0 Å². The fourth-order valence-electron chi connectivity index (χ4n) is 1.74. The Morgan fingerprint density at radius 1 is 1.29 bits per heavy atom. The Kier molecular flexibility index (Phi) is 5.06. The lowest BCUT2D eigenvalue weighted by molar-refractivity contribution is -0.167. The van der Waals surface area contributed by atoms with Crippen LogP contribution < -0.4 is 5.73 Å². The van der Waals surface area contributed by atoms with E-state index in [1.807, 2.05) is 6.07 Å². The smallest absolute Gasteiger partial charge is 0.322 e. The highest BCUT2D eigenvalue weighted by Crippen LogP contribution is 2.23. The first-order valence-corrected chi connectivity index (χ1v) is 6.37. The third kappa shape index (κ3) is 4.58. The van der Waals surface area contributed by atoms with E-state index in [1.54, 1.807) is 20.8 Å². The van der Waals surface area contributed by atoms with Gasteiger partial charge >= 0.3 is 11.9 Å². The molecular formula is C15H18N2O4. The van der Waals surface area contributed by atoms with Crippen molar-refractivity contribution in [2.75, 3.05) is 0 Å². The number of carboxylic acids is 1. The van der Waals surface area contributed by atoms with Gasteiger partial charge < -0.3 is 15.6 Å². The first kappa shape index (κ1) is 16.7. The number of nitrogens with two attached hydrogens (primary N) is 1. The quantitative estimate of drug-likeness (QED) is 0.643. The zero-order chi connectivity index (χ0) is 16.2. The SMILES string of the molecule is CC(C)(C)OC(=O)[C@H](C(=O)O)C(N)c1ccc(C#N)cc1. The van der Waals surface area contributed by atoms with Gasteiger partial charge in [0.1, 0.15) is 5.60 Å². The summed E-state index contributed by atoms with van der Waals surface area (Å²) in [6.07, 6.45) is 0. The highest BCUT2D eigenvalue weighted by Gasteiger charge is 2.37. The van der Waals surface area contributed by atoms with Gasteiger partial charge in [-0.2, -0.15) is 5.26 Å². The number of rotatable bonds is 4. The summed E-state index contributed by atoms with van der Waals surface area (Å²) in [6.45, 7) is 4.95. The highest BCUT2D eigenvalue weighted by atomic mass is 16.6. The van der Waals surface area contributed by atoms with Crippen molar-refractivity contribution in [3.8, 4) is 6.07 Å². The van der Waals surface area contributed by atoms with Gasteiger partial charge in [0.25, 0.3) is 0 Å². The van der Waals surface area contributed by atoms with Crippen LogP contribution in [0.15, 0.2) is 24.3 Å². The number of nitriles is 1. The van der Waals surface area contributed by atoms with E-state index >= 15 is 0 Å². The molecule has 1 aromatic rings. The van der Waals surface area contributed by atoms with Gasteiger partial charge in [0, 0.05) is 0 Å². The maximum Gasteiger partial charge on any atom is 0.322 e. The molecule has 0 aliphatic carbocycles. The number of benzene rings is 1. The van der Waals surface area contributed by atoms with E-state index in [0.717, 1.165) is 0 Å². The maximum atomic E-state index is 12.0. The fraction of sp³-hybridized carbons (Fsp3) is 0.400. The molecule has 0 spiro atoms. The first-order chi connectivity index (χ1) is 9.65. The second-order valence-corrected chi connectivity index (χ2v) is 5.61. The van der Waals surface area contributed by atoms with Gasteiger partial charge in [0.2, 0.25) is 0 Å². The van der Waals surface area contributed by atoms with Crippen LogP contribution in [0.1, 0.15) is 37.9 Å². The van der Waals surface area contributed by atoms with Gasteiger partial charge in [0.15, 0.2) is 5.92 Å². The summed E-state index contributed by atoms with van der Waals surface area (Å²) in [6, 6.07) is 7.00. The minimum atomic E-state index is -1.50. The molecule has 1 aromatic carbocycles. The number of nitrogens with zero attached hydrogens (tertiary/aromatic N) is 1. The van der Waals surface area contributed by atoms with Crippen molar-refractivity contribution in [3.63, 3.8) is 0 Å². The molecule has 0 radical (unpaired) electrons. The zero-order valence-corrected chi connectivity index (χ0v) is 12.2. The van der Waals surface area contributed by atoms with E-state index in [9.17, 15) is 14.7 Å². The predicted octanol–water partition coefficient (Wildman–Crippen LogP) is 1.60. The van der Waals surface area contributed by atoms with E-state index in [1.165, 1.54) is 24.3 Å². The summed E-state index contributed by atoms with van der Waals surface area (Å²) in [7, 11) is 0. The van der Waals surface area contributed by atoms with Crippen molar-refractivity contribution in [1.29, 1.82) is 5.26 Å². The predicted molar refractivity (Wildman–Crippen MR) is 75.1 cm³/mol. The fourth-order valence-corrected chi connectivity index (χ4v) is 1.74. The lowest BCUT2D eigenvalue weighted by Crippen LogP contribution is -2.39. The summed E-state index contributed by atoms with van der Waals surface area (Å²) < 4.78 is 5.10. The van der Waals surface area contributed by atoms with Crippen molar-refractivity contribution in [3.05, 3.63) is 35.4 Å². The van der Waals surface area contributed by atoms with E-state index in [-0.39, 0.29) is 0 Å². The average Bonchev–Trinajstić information content (AvgIpc) is 2.36. The number of ether oxygens (including phenoxy) is 1. The lowest BCUT2D eigenvalue weighted by atomic mass is 9.93. The Morgan fingerprint density at radius 3 is 2.19 bits per heavy atom. The molecule has 1 rings (SSSR count). The van der Waals surface area contributed by atoms with Gasteiger partial charge in [-0.05, 0) is 38.5 Å². The van der Waals surface area contributed by atoms with E-state index in [0.29, 0.717) is 11.1 Å². The van der Waals surface area contributed by atoms with Crippen molar-refractivity contribution >= 4 is 11.9 Å². The highest BCUT2D eigenvalue weighted by molar-refractivity contribution is 5.95. The third-order valence-electron chi connectivity index (χ3n) is 2.71. The van der Waals surface area contributed by atoms with E-state index < -0.39 is 29.5 Å². The molecular weight excluding hydrogens is 272 g/mol. The monoisotopic (exact) mass is 290 g/mol. The molecule has 0 aliphatic heterocycles. The van der Waals surface area contributed by atoms with Gasteiger partial charge in [-0.15, -0.1) is 0 Å². The standard InChI is InChI=1S/C15H18N2O4/c1-15(2,3)21-14(20)11(13(18)19)12(17)10-6-4-9(8-16)5-7-10/h4-7,11-12H,17H2,1-3H3,(H,18,19)/t11-,12?/m0/s1. The summed E-state index contributed by atoms with van der Waals surface area (Å²) in [4.78, 5) is 23.3. The Morgan fingerprint density at radius 2 is 1.81 bits per heavy atom. The summed E-state index contributed by atoms with van der Waals surface area (Å²) in [5.74, 6) is -3.73. The topological polar surface area (TPSA) is 113 Å². The Labute approximate surface area is 123 Å². The molecule has 21 heavy (non-hydrogen) atoms. The third-order valence-corrected chi connectivity index (χ3v) is 2.71. The molecule has 0 saturated carbocycles. The second kappa shape index (κ2) is 6.37. The number of carboxylic acid groups (broad SMARTS) is 1. The Balaban J connectivity index is 3.02. The molecule has 0 fully saturated rings. The molecule has 0 aromatic heterocycles. The first-order valence-electron chi connectivity index (χ1n) is 6.37. The average molecular weight is 290 g/mol. The molecule has 0 aliphatic rings. The summed E-state index contributed by atoms with van der Waals surface area (Å²) >= 11 is 0. The maximum absolute atomic E-state index is 12.0. The zero-order valence-electron chi connectivity index (χ0n) is 12.2. The molecule has 6 nitrogen and oxygen atoms in total. The Hall–Kier alpha value is -2.39. The van der Waals surface area contributed by atoms with Crippen molar-refractivity contribution in [2.24, 2.45) is 11.7 Å². The number of carbonyl (C=O) groups is 2. The van der Waals surface area contributed by atoms with Gasteiger partial charge in [0.05, 0.1) is 17.7 Å². The van der Waals surface area contributed by atoms with Gasteiger partial charge in [-0.1, -0.05) is 12.1 Å². The van der Waals surface area contributed by atoms with Gasteiger partial charge in [-0.3, -0.25) is 9.59 Å². The molecule has 0 bridgehead atoms. The van der Waals surface area contributed by atoms with Crippen LogP contribution in [-0.2, 0) is 14.3 Å². The molecule has 0 amide bonds. The largest absolute Gasteiger partial charge is 0.481 e. The van der Waals surface area contributed by atoms with Crippen LogP contribution in [0.25, 0.3) is 0 Å². The van der Waals surface area contributed by atoms with Crippen LogP contribution in [0.3, 0.4) is 0 Å². The number of hydrogen-bond donors (Lipinski definition) is 2. The molecule has 2 atom stereocenters. The minimum absolute atomic E-state index is 0.426. The van der Waals surface area contributed by atoms with Crippen molar-refractivity contribution in [2.45, 2.75) is 32.4 Å².